The van der Waals surface area contributed by atoms with Crippen molar-refractivity contribution in [3.05, 3.63) is 65.5 Å². The van der Waals surface area contributed by atoms with Crippen LogP contribution in [-0.2, 0) is 9.53 Å². The molecule has 0 spiro atoms. The number of benzene rings is 2. The van der Waals surface area contributed by atoms with Gasteiger partial charge in [-0.05, 0) is 37.6 Å². The first kappa shape index (κ1) is 16.6. The first-order valence-corrected chi connectivity index (χ1v) is 7.78. The van der Waals surface area contributed by atoms with Crippen LogP contribution in [0, 0.1) is 13.8 Å². The summed E-state index contributed by atoms with van der Waals surface area (Å²) in [4.78, 5) is 32.6. The van der Waals surface area contributed by atoms with Crippen LogP contribution < -0.4 is 5.32 Å². The molecular weight excluding hydrogens is 318 g/mol. The SMILES string of the molecule is Cc1ccc(NC(=O)COC(=O)c2cccc3nccnc23)c(C)c1. The average Bonchev–Trinajstić information content (AvgIpc) is 2.61. The Hall–Kier alpha value is -3.28. The maximum Gasteiger partial charge on any atom is 0.340 e. The number of esters is 1. The zero-order valence-corrected chi connectivity index (χ0v) is 13.9. The van der Waals surface area contributed by atoms with Crippen LogP contribution in [0.3, 0.4) is 0 Å². The molecule has 0 fully saturated rings. The third-order valence-corrected chi connectivity index (χ3v) is 3.71. The van der Waals surface area contributed by atoms with E-state index in [0.29, 0.717) is 16.7 Å². The molecule has 6 nitrogen and oxygen atoms in total. The lowest BCUT2D eigenvalue weighted by molar-refractivity contribution is -0.119. The van der Waals surface area contributed by atoms with E-state index in [-0.39, 0.29) is 12.2 Å². The molecular formula is C19H17N3O3. The van der Waals surface area contributed by atoms with Crippen molar-refractivity contribution in [2.24, 2.45) is 0 Å². The average molecular weight is 335 g/mol. The maximum absolute atomic E-state index is 12.3. The number of nitrogens with one attached hydrogen (secondary N) is 1. The van der Waals surface area contributed by atoms with Gasteiger partial charge in [0.1, 0.15) is 5.52 Å². The molecule has 0 aliphatic heterocycles. The van der Waals surface area contributed by atoms with Gasteiger partial charge in [0.2, 0.25) is 0 Å². The van der Waals surface area contributed by atoms with Gasteiger partial charge in [0.25, 0.3) is 5.91 Å². The minimum atomic E-state index is -0.609. The zero-order chi connectivity index (χ0) is 17.8. The van der Waals surface area contributed by atoms with E-state index in [1.807, 2.05) is 32.0 Å². The van der Waals surface area contributed by atoms with E-state index in [1.165, 1.54) is 6.20 Å². The Morgan fingerprint density at radius 3 is 2.68 bits per heavy atom. The molecule has 1 aromatic heterocycles. The van der Waals surface area contributed by atoms with Crippen molar-refractivity contribution in [2.45, 2.75) is 13.8 Å². The van der Waals surface area contributed by atoms with Crippen molar-refractivity contribution in [3.63, 3.8) is 0 Å². The highest BCUT2D eigenvalue weighted by Gasteiger charge is 2.15. The fourth-order valence-corrected chi connectivity index (χ4v) is 2.51. The van der Waals surface area contributed by atoms with Crippen LogP contribution in [0.2, 0.25) is 0 Å². The number of aryl methyl sites for hydroxylation is 2. The van der Waals surface area contributed by atoms with Crippen LogP contribution in [0.5, 0.6) is 0 Å². The summed E-state index contributed by atoms with van der Waals surface area (Å²) in [5.41, 5.74) is 4.08. The normalized spacial score (nSPS) is 10.5. The van der Waals surface area contributed by atoms with Gasteiger partial charge in [0, 0.05) is 18.1 Å². The summed E-state index contributed by atoms with van der Waals surface area (Å²) in [5, 5.41) is 2.74. The molecule has 0 aliphatic carbocycles. The second-order valence-corrected chi connectivity index (χ2v) is 5.67. The van der Waals surface area contributed by atoms with E-state index in [4.69, 9.17) is 4.74 Å². The molecule has 0 saturated heterocycles. The van der Waals surface area contributed by atoms with E-state index in [2.05, 4.69) is 15.3 Å². The largest absolute Gasteiger partial charge is 0.452 e. The van der Waals surface area contributed by atoms with Crippen LogP contribution in [0.4, 0.5) is 5.69 Å². The Labute approximate surface area is 144 Å². The Morgan fingerprint density at radius 2 is 1.88 bits per heavy atom. The number of anilines is 1. The van der Waals surface area contributed by atoms with Gasteiger partial charge in [0.05, 0.1) is 11.1 Å². The van der Waals surface area contributed by atoms with Crippen molar-refractivity contribution in [1.82, 2.24) is 9.97 Å². The molecule has 126 valence electrons. The molecule has 1 amide bonds. The summed E-state index contributed by atoms with van der Waals surface area (Å²) in [5.74, 6) is -1.01. The van der Waals surface area contributed by atoms with Gasteiger partial charge in [-0.2, -0.15) is 0 Å². The van der Waals surface area contributed by atoms with Gasteiger partial charge in [-0.25, -0.2) is 4.79 Å². The molecule has 2 aromatic carbocycles. The van der Waals surface area contributed by atoms with Gasteiger partial charge in [0.15, 0.2) is 6.61 Å². The third kappa shape index (κ3) is 3.80. The van der Waals surface area contributed by atoms with E-state index in [9.17, 15) is 9.59 Å². The molecule has 0 unspecified atom stereocenters. The quantitative estimate of drug-likeness (QED) is 0.741. The topological polar surface area (TPSA) is 81.2 Å². The molecule has 0 radical (unpaired) electrons. The predicted molar refractivity (Wildman–Crippen MR) is 94.4 cm³/mol. The predicted octanol–water partition coefficient (Wildman–Crippen LogP) is 3.04. The number of hydrogen-bond donors (Lipinski definition) is 1. The molecule has 3 aromatic rings. The summed E-state index contributed by atoms with van der Waals surface area (Å²) in [6.45, 7) is 3.51. The zero-order valence-electron chi connectivity index (χ0n) is 13.9. The smallest absolute Gasteiger partial charge is 0.340 e. The van der Waals surface area contributed by atoms with E-state index in [0.717, 1.165) is 11.1 Å². The number of hydrogen-bond acceptors (Lipinski definition) is 5. The van der Waals surface area contributed by atoms with Gasteiger partial charge in [-0.15, -0.1) is 0 Å². The van der Waals surface area contributed by atoms with E-state index < -0.39 is 11.9 Å². The molecule has 6 heteroatoms. The standard InChI is InChI=1S/C19H17N3O3/c1-12-6-7-15(13(2)10-12)22-17(23)11-25-19(24)14-4-3-5-16-18(14)21-9-8-20-16/h3-10H,11H2,1-2H3,(H,22,23). The lowest BCUT2D eigenvalue weighted by Gasteiger charge is -2.10. The van der Waals surface area contributed by atoms with Gasteiger partial charge >= 0.3 is 5.97 Å². The summed E-state index contributed by atoms with van der Waals surface area (Å²) in [6.07, 6.45) is 3.06. The number of carbonyl (C=O) groups is 2. The number of para-hydroxylation sites is 1. The highest BCUT2D eigenvalue weighted by atomic mass is 16.5. The van der Waals surface area contributed by atoms with Gasteiger partial charge in [-0.3, -0.25) is 14.8 Å². The lowest BCUT2D eigenvalue weighted by atomic mass is 10.1. The molecule has 1 N–H and O–H groups in total. The second-order valence-electron chi connectivity index (χ2n) is 5.67. The van der Waals surface area contributed by atoms with E-state index >= 15 is 0 Å². The number of ether oxygens (including phenoxy) is 1. The van der Waals surface area contributed by atoms with Crippen molar-refractivity contribution >= 4 is 28.6 Å². The minimum Gasteiger partial charge on any atom is -0.452 e. The van der Waals surface area contributed by atoms with E-state index in [1.54, 1.807) is 24.4 Å². The van der Waals surface area contributed by atoms with Gasteiger partial charge < -0.3 is 10.1 Å². The molecule has 0 atom stereocenters. The highest BCUT2D eigenvalue weighted by Crippen LogP contribution is 2.17. The Kier molecular flexibility index (Phi) is 4.70. The molecule has 0 saturated carbocycles. The van der Waals surface area contributed by atoms with Crippen molar-refractivity contribution < 1.29 is 14.3 Å². The Bertz CT molecular complexity index is 948. The lowest BCUT2D eigenvalue weighted by Crippen LogP contribution is -2.21. The maximum atomic E-state index is 12.3. The molecule has 0 aliphatic rings. The summed E-state index contributed by atoms with van der Waals surface area (Å²) in [7, 11) is 0. The highest BCUT2D eigenvalue weighted by molar-refractivity contribution is 6.03. The first-order valence-electron chi connectivity index (χ1n) is 7.78. The molecule has 1 heterocycles. The third-order valence-electron chi connectivity index (χ3n) is 3.71. The molecule has 25 heavy (non-hydrogen) atoms. The summed E-state index contributed by atoms with van der Waals surface area (Å²) >= 11 is 0. The van der Waals surface area contributed by atoms with Crippen molar-refractivity contribution in [2.75, 3.05) is 11.9 Å². The second kappa shape index (κ2) is 7.09. The van der Waals surface area contributed by atoms with Crippen LogP contribution in [0.1, 0.15) is 21.5 Å². The number of rotatable bonds is 4. The summed E-state index contributed by atoms with van der Waals surface area (Å²) < 4.78 is 5.12. The van der Waals surface area contributed by atoms with Crippen LogP contribution in [-0.4, -0.2) is 28.5 Å². The van der Waals surface area contributed by atoms with Crippen LogP contribution in [0.15, 0.2) is 48.8 Å². The number of fused-ring (bicyclic) bond motifs is 1. The van der Waals surface area contributed by atoms with Crippen molar-refractivity contribution in [1.29, 1.82) is 0 Å². The number of aromatic nitrogens is 2. The Morgan fingerprint density at radius 1 is 1.08 bits per heavy atom. The minimum absolute atomic E-state index is 0.282. The number of amides is 1. The molecule has 0 bridgehead atoms. The first-order chi connectivity index (χ1) is 12.0. The fourth-order valence-electron chi connectivity index (χ4n) is 2.51. The van der Waals surface area contributed by atoms with Gasteiger partial charge in [-0.1, -0.05) is 23.8 Å². The number of nitrogens with zero attached hydrogens (tertiary/aromatic N) is 2. The monoisotopic (exact) mass is 335 g/mol. The van der Waals surface area contributed by atoms with Crippen molar-refractivity contribution in [3.8, 4) is 0 Å². The molecule has 3 rings (SSSR count). The Balaban J connectivity index is 1.66. The number of carbonyl (C=O) groups excluding carboxylic acids is 2. The van der Waals surface area contributed by atoms with Crippen LogP contribution >= 0.6 is 0 Å². The van der Waals surface area contributed by atoms with Crippen LogP contribution in [0.25, 0.3) is 11.0 Å². The fraction of sp³-hybridized carbons (Fsp3) is 0.158. The summed E-state index contributed by atoms with van der Waals surface area (Å²) in [6, 6.07) is 10.8.